The molecule has 0 radical (unpaired) electrons. The lowest BCUT2D eigenvalue weighted by molar-refractivity contribution is -0.125. The van der Waals surface area contributed by atoms with Crippen molar-refractivity contribution in [1.82, 2.24) is 4.90 Å². The summed E-state index contributed by atoms with van der Waals surface area (Å²) in [5, 5.41) is 8.88. The van der Waals surface area contributed by atoms with Crippen LogP contribution in [0.1, 0.15) is 25.3 Å². The fourth-order valence-corrected chi connectivity index (χ4v) is 3.89. The van der Waals surface area contributed by atoms with E-state index in [-0.39, 0.29) is 18.0 Å². The number of hydrogen-bond donors (Lipinski definition) is 0. The molecule has 1 saturated heterocycles. The van der Waals surface area contributed by atoms with Crippen LogP contribution in [0.25, 0.3) is 0 Å². The average molecular weight is 333 g/mol. The van der Waals surface area contributed by atoms with Gasteiger partial charge in [-0.2, -0.15) is 5.26 Å². The van der Waals surface area contributed by atoms with Gasteiger partial charge in [-0.05, 0) is 51.1 Å². The molecule has 3 atom stereocenters. The summed E-state index contributed by atoms with van der Waals surface area (Å²) in [4.78, 5) is 16.7. The van der Waals surface area contributed by atoms with Gasteiger partial charge < -0.3 is 4.90 Å². The number of anilines is 1. The number of hydrogen-bond acceptors (Lipinski definition) is 4. The highest BCUT2D eigenvalue weighted by molar-refractivity contribution is 7.84. The summed E-state index contributed by atoms with van der Waals surface area (Å²) in [6.07, 6.45) is 3.45. The summed E-state index contributed by atoms with van der Waals surface area (Å²) in [5.41, 5.74) is 1.42. The Morgan fingerprint density at radius 3 is 2.65 bits per heavy atom. The van der Waals surface area contributed by atoms with Crippen LogP contribution in [0.4, 0.5) is 5.69 Å². The van der Waals surface area contributed by atoms with Gasteiger partial charge in [-0.15, -0.1) is 0 Å². The minimum Gasteiger partial charge on any atom is -0.311 e. The molecule has 5 nitrogen and oxygen atoms in total. The predicted molar refractivity (Wildman–Crippen MR) is 92.7 cm³/mol. The number of piperidine rings is 1. The second-order valence-corrected chi connectivity index (χ2v) is 7.54. The highest BCUT2D eigenvalue weighted by Gasteiger charge is 2.34. The zero-order valence-electron chi connectivity index (χ0n) is 13.9. The Morgan fingerprint density at radius 1 is 1.43 bits per heavy atom. The van der Waals surface area contributed by atoms with Crippen LogP contribution in [-0.2, 0) is 15.6 Å². The van der Waals surface area contributed by atoms with Crippen LogP contribution in [0.15, 0.2) is 24.3 Å². The zero-order valence-corrected chi connectivity index (χ0v) is 14.7. The lowest BCUT2D eigenvalue weighted by Crippen LogP contribution is -2.54. The van der Waals surface area contributed by atoms with E-state index < -0.39 is 10.8 Å². The molecule has 0 spiro atoms. The molecule has 1 fully saturated rings. The Hall–Kier alpha value is -1.71. The van der Waals surface area contributed by atoms with Gasteiger partial charge in [0.25, 0.3) is 0 Å². The number of likely N-dealkylation sites (N-methyl/N-ethyl adjacent to an activating group) is 1. The van der Waals surface area contributed by atoms with Gasteiger partial charge in [-0.25, -0.2) is 0 Å². The van der Waals surface area contributed by atoms with E-state index in [1.165, 1.54) is 0 Å². The maximum atomic E-state index is 12.9. The van der Waals surface area contributed by atoms with Crippen LogP contribution in [-0.4, -0.2) is 52.7 Å². The van der Waals surface area contributed by atoms with E-state index in [2.05, 4.69) is 6.07 Å². The number of benzene rings is 1. The molecule has 3 unspecified atom stereocenters. The van der Waals surface area contributed by atoms with E-state index in [4.69, 9.17) is 5.26 Å². The number of carbonyl (C=O) groups excluding carboxylic acids is 1. The Kier molecular flexibility index (Phi) is 5.91. The van der Waals surface area contributed by atoms with Gasteiger partial charge >= 0.3 is 0 Å². The summed E-state index contributed by atoms with van der Waals surface area (Å²) in [5.74, 6) is 0.647. The molecule has 124 valence electrons. The van der Waals surface area contributed by atoms with Crippen molar-refractivity contribution in [1.29, 1.82) is 5.26 Å². The van der Waals surface area contributed by atoms with Crippen molar-refractivity contribution in [2.75, 3.05) is 30.5 Å². The van der Waals surface area contributed by atoms with E-state index >= 15 is 0 Å². The summed E-state index contributed by atoms with van der Waals surface area (Å²) in [6.45, 7) is 2.71. The molecule has 0 N–H and O–H groups in total. The first-order chi connectivity index (χ1) is 10.9. The van der Waals surface area contributed by atoms with E-state index in [9.17, 15) is 9.00 Å². The Labute approximate surface area is 140 Å². The molecule has 0 aliphatic carbocycles. The van der Waals surface area contributed by atoms with Gasteiger partial charge in [0.1, 0.15) is 0 Å². The SMILES string of the molecule is CC(CS(C)=O)N(C)C1CCCN(c2ccc(C#N)cc2)C1=O. The summed E-state index contributed by atoms with van der Waals surface area (Å²) in [7, 11) is 1.06. The van der Waals surface area contributed by atoms with Gasteiger partial charge in [-0.1, -0.05) is 0 Å². The maximum absolute atomic E-state index is 12.9. The van der Waals surface area contributed by atoms with Crippen LogP contribution < -0.4 is 4.90 Å². The quantitative estimate of drug-likeness (QED) is 0.823. The minimum absolute atomic E-state index is 0.0807. The van der Waals surface area contributed by atoms with Crippen molar-refractivity contribution >= 4 is 22.4 Å². The van der Waals surface area contributed by atoms with Gasteiger partial charge in [0.15, 0.2) is 0 Å². The topological polar surface area (TPSA) is 64.4 Å². The third kappa shape index (κ3) is 4.18. The Morgan fingerprint density at radius 2 is 2.09 bits per heavy atom. The molecular formula is C17H23N3O2S. The summed E-state index contributed by atoms with van der Waals surface area (Å²) < 4.78 is 11.4. The van der Waals surface area contributed by atoms with Crippen molar-refractivity contribution in [2.24, 2.45) is 0 Å². The van der Waals surface area contributed by atoms with Crippen LogP contribution >= 0.6 is 0 Å². The number of rotatable bonds is 5. The van der Waals surface area contributed by atoms with Gasteiger partial charge in [0.2, 0.25) is 5.91 Å². The number of amides is 1. The van der Waals surface area contributed by atoms with E-state index in [0.717, 1.165) is 18.5 Å². The second kappa shape index (κ2) is 7.71. The zero-order chi connectivity index (χ0) is 17.0. The van der Waals surface area contributed by atoms with Crippen LogP contribution in [0.3, 0.4) is 0 Å². The van der Waals surface area contributed by atoms with Gasteiger partial charge in [-0.3, -0.25) is 13.9 Å². The highest BCUT2D eigenvalue weighted by Crippen LogP contribution is 2.24. The first-order valence-electron chi connectivity index (χ1n) is 7.77. The van der Waals surface area contributed by atoms with E-state index in [1.54, 1.807) is 23.3 Å². The molecule has 1 aromatic carbocycles. The van der Waals surface area contributed by atoms with Crippen molar-refractivity contribution in [3.8, 4) is 6.07 Å². The standard InChI is InChI=1S/C17H23N3O2S/c1-13(12-23(3)22)19(2)16-5-4-10-20(17(16)21)15-8-6-14(11-18)7-9-15/h6-9,13,16H,4-5,10,12H2,1-3H3. The fraction of sp³-hybridized carbons (Fsp3) is 0.529. The third-order valence-electron chi connectivity index (χ3n) is 4.38. The average Bonchev–Trinajstić information content (AvgIpc) is 2.54. The molecule has 23 heavy (non-hydrogen) atoms. The molecule has 1 aliphatic heterocycles. The first kappa shape index (κ1) is 17.6. The smallest absolute Gasteiger partial charge is 0.244 e. The Balaban J connectivity index is 2.14. The maximum Gasteiger partial charge on any atom is 0.244 e. The lowest BCUT2D eigenvalue weighted by Gasteiger charge is -2.39. The molecule has 0 aromatic heterocycles. The van der Waals surface area contributed by atoms with Gasteiger partial charge in [0.05, 0.1) is 17.7 Å². The minimum atomic E-state index is -0.878. The molecule has 0 bridgehead atoms. The highest BCUT2D eigenvalue weighted by atomic mass is 32.2. The summed E-state index contributed by atoms with van der Waals surface area (Å²) >= 11 is 0. The first-order valence-corrected chi connectivity index (χ1v) is 9.50. The largest absolute Gasteiger partial charge is 0.311 e. The van der Waals surface area contributed by atoms with Crippen LogP contribution in [0, 0.1) is 11.3 Å². The molecule has 1 aliphatic rings. The molecule has 1 amide bonds. The van der Waals surface area contributed by atoms with Crippen molar-refractivity contribution in [2.45, 2.75) is 31.8 Å². The van der Waals surface area contributed by atoms with Crippen LogP contribution in [0.5, 0.6) is 0 Å². The predicted octanol–water partition coefficient (Wildman–Crippen LogP) is 1.75. The third-order valence-corrected chi connectivity index (χ3v) is 5.33. The van der Waals surface area contributed by atoms with E-state index in [0.29, 0.717) is 17.9 Å². The Bertz CT molecular complexity index is 624. The van der Waals surface area contributed by atoms with E-state index in [1.807, 2.05) is 31.0 Å². The summed E-state index contributed by atoms with van der Waals surface area (Å²) in [6, 6.07) is 9.11. The van der Waals surface area contributed by atoms with Crippen molar-refractivity contribution in [3.05, 3.63) is 29.8 Å². The van der Waals surface area contributed by atoms with Crippen LogP contribution in [0.2, 0.25) is 0 Å². The molecule has 0 saturated carbocycles. The fourth-order valence-electron chi connectivity index (χ4n) is 2.97. The second-order valence-electron chi connectivity index (χ2n) is 6.06. The molecule has 2 rings (SSSR count). The number of nitrogens with zero attached hydrogens (tertiary/aromatic N) is 3. The number of carbonyl (C=O) groups is 1. The number of nitriles is 1. The monoisotopic (exact) mass is 333 g/mol. The molecular weight excluding hydrogens is 310 g/mol. The molecule has 6 heteroatoms. The van der Waals surface area contributed by atoms with Crippen molar-refractivity contribution in [3.63, 3.8) is 0 Å². The lowest BCUT2D eigenvalue weighted by atomic mass is 10.0. The van der Waals surface area contributed by atoms with Crippen molar-refractivity contribution < 1.29 is 9.00 Å². The normalized spacial score (nSPS) is 21.1. The molecule has 1 aromatic rings. The molecule has 1 heterocycles. The van der Waals surface area contributed by atoms with Gasteiger partial charge in [0, 0.05) is 41.1 Å².